The van der Waals surface area contributed by atoms with E-state index in [9.17, 15) is 9.18 Å². The lowest BCUT2D eigenvalue weighted by Crippen LogP contribution is -2.42. The molecule has 2 aliphatic rings. The largest absolute Gasteiger partial charge is 0.380 e. The molecule has 0 spiro atoms. The van der Waals surface area contributed by atoms with Crippen LogP contribution in [0.2, 0.25) is 0 Å². The van der Waals surface area contributed by atoms with Crippen LogP contribution >= 0.6 is 0 Å². The third-order valence-electron chi connectivity index (χ3n) is 4.74. The van der Waals surface area contributed by atoms with Crippen molar-refractivity contribution in [3.05, 3.63) is 47.6 Å². The lowest BCUT2D eigenvalue weighted by molar-refractivity contribution is 0.0708. The Kier molecular flexibility index (Phi) is 3.96. The lowest BCUT2D eigenvalue weighted by Gasteiger charge is -2.32. The van der Waals surface area contributed by atoms with Gasteiger partial charge in [-0.1, -0.05) is 17.3 Å². The molecule has 1 aliphatic heterocycles. The number of para-hydroxylation sites is 1. The summed E-state index contributed by atoms with van der Waals surface area (Å²) in [6, 6.07) is 8.63. The molecular weight excluding hydrogens is 309 g/mol. The Hall–Kier alpha value is -2.37. The number of hydrogen-bond donors (Lipinski definition) is 1. The molecule has 0 atom stereocenters. The third-order valence-corrected chi connectivity index (χ3v) is 4.74. The standard InChI is InChI=1S/C18H20FN3O2/c19-14-3-1-2-4-15(14)20-13-7-9-22(10-8-13)18(23)16-11-17(24-21-16)12-5-6-12/h1-4,11-13,20H,5-10H2. The highest BCUT2D eigenvalue weighted by Gasteiger charge is 2.31. The van der Waals surface area contributed by atoms with Crippen molar-refractivity contribution in [1.82, 2.24) is 10.1 Å². The summed E-state index contributed by atoms with van der Waals surface area (Å²) in [5.74, 6) is 0.963. The number of piperidine rings is 1. The number of likely N-dealkylation sites (tertiary alicyclic amines) is 1. The number of benzene rings is 1. The zero-order valence-electron chi connectivity index (χ0n) is 13.4. The van der Waals surface area contributed by atoms with E-state index in [0.29, 0.717) is 30.4 Å². The fourth-order valence-electron chi connectivity index (χ4n) is 3.14. The van der Waals surface area contributed by atoms with Gasteiger partial charge in [0.05, 0.1) is 5.69 Å². The van der Waals surface area contributed by atoms with Crippen molar-refractivity contribution in [2.75, 3.05) is 18.4 Å². The van der Waals surface area contributed by atoms with E-state index >= 15 is 0 Å². The maximum absolute atomic E-state index is 13.7. The Labute approximate surface area is 139 Å². The van der Waals surface area contributed by atoms with Crippen LogP contribution in [0.4, 0.5) is 10.1 Å². The summed E-state index contributed by atoms with van der Waals surface area (Å²) in [5, 5.41) is 7.15. The van der Waals surface area contributed by atoms with E-state index in [4.69, 9.17) is 4.52 Å². The zero-order chi connectivity index (χ0) is 16.5. The van der Waals surface area contributed by atoms with Gasteiger partial charge in [-0.3, -0.25) is 4.79 Å². The molecule has 4 rings (SSSR count). The fraction of sp³-hybridized carbons (Fsp3) is 0.444. The maximum Gasteiger partial charge on any atom is 0.276 e. The quantitative estimate of drug-likeness (QED) is 0.934. The number of carbonyl (C=O) groups excluding carboxylic acids is 1. The topological polar surface area (TPSA) is 58.4 Å². The Bertz CT molecular complexity index is 733. The first-order valence-electron chi connectivity index (χ1n) is 8.47. The summed E-state index contributed by atoms with van der Waals surface area (Å²) in [7, 11) is 0. The van der Waals surface area contributed by atoms with E-state index in [1.165, 1.54) is 6.07 Å². The molecule has 1 aromatic heterocycles. The Morgan fingerprint density at radius 1 is 1.21 bits per heavy atom. The highest BCUT2D eigenvalue weighted by molar-refractivity contribution is 5.92. The first kappa shape index (κ1) is 15.2. The molecule has 6 heteroatoms. The van der Waals surface area contributed by atoms with E-state index in [0.717, 1.165) is 31.4 Å². The van der Waals surface area contributed by atoms with Crippen LogP contribution in [0, 0.1) is 5.82 Å². The van der Waals surface area contributed by atoms with Crippen molar-refractivity contribution in [3.8, 4) is 0 Å². The first-order chi connectivity index (χ1) is 11.7. The molecule has 2 aromatic rings. The second kappa shape index (κ2) is 6.26. The third kappa shape index (κ3) is 3.13. The van der Waals surface area contributed by atoms with E-state index in [-0.39, 0.29) is 17.8 Å². The predicted molar refractivity (Wildman–Crippen MR) is 87.4 cm³/mol. The molecule has 2 heterocycles. The number of halogens is 1. The molecule has 5 nitrogen and oxygen atoms in total. The van der Waals surface area contributed by atoms with Gasteiger partial charge in [0.1, 0.15) is 11.6 Å². The Morgan fingerprint density at radius 3 is 2.67 bits per heavy atom. The van der Waals surface area contributed by atoms with Crippen molar-refractivity contribution in [2.45, 2.75) is 37.6 Å². The molecule has 1 amide bonds. The molecule has 1 aromatic carbocycles. The van der Waals surface area contributed by atoms with Crippen molar-refractivity contribution >= 4 is 11.6 Å². The van der Waals surface area contributed by atoms with Crippen molar-refractivity contribution < 1.29 is 13.7 Å². The molecule has 0 bridgehead atoms. The average molecular weight is 329 g/mol. The lowest BCUT2D eigenvalue weighted by atomic mass is 10.0. The number of anilines is 1. The second-order valence-corrected chi connectivity index (χ2v) is 6.58. The summed E-state index contributed by atoms with van der Waals surface area (Å²) in [6.45, 7) is 1.27. The highest BCUT2D eigenvalue weighted by Crippen LogP contribution is 2.40. The van der Waals surface area contributed by atoms with Crippen LogP contribution in [0.1, 0.15) is 47.8 Å². The minimum absolute atomic E-state index is 0.0741. The van der Waals surface area contributed by atoms with Crippen LogP contribution in [0.15, 0.2) is 34.9 Å². The first-order valence-corrected chi connectivity index (χ1v) is 8.47. The van der Waals surface area contributed by atoms with Crippen molar-refractivity contribution in [1.29, 1.82) is 0 Å². The number of nitrogens with zero attached hydrogens (tertiary/aromatic N) is 2. The zero-order valence-corrected chi connectivity index (χ0v) is 13.4. The van der Waals surface area contributed by atoms with Crippen molar-refractivity contribution in [2.24, 2.45) is 0 Å². The molecule has 1 N–H and O–H groups in total. The summed E-state index contributed by atoms with van der Waals surface area (Å²) < 4.78 is 19.0. The van der Waals surface area contributed by atoms with Gasteiger partial charge in [-0.05, 0) is 37.8 Å². The van der Waals surface area contributed by atoms with Crippen LogP contribution in [-0.2, 0) is 0 Å². The number of hydrogen-bond acceptors (Lipinski definition) is 4. The smallest absolute Gasteiger partial charge is 0.276 e. The van der Waals surface area contributed by atoms with Crippen molar-refractivity contribution in [3.63, 3.8) is 0 Å². The summed E-state index contributed by atoms with van der Waals surface area (Å²) in [5.41, 5.74) is 0.922. The molecule has 0 unspecified atom stereocenters. The fourth-order valence-corrected chi connectivity index (χ4v) is 3.14. The molecule has 2 fully saturated rings. The SMILES string of the molecule is O=C(c1cc(C2CC2)on1)N1CCC(Nc2ccccc2F)CC1. The molecule has 24 heavy (non-hydrogen) atoms. The predicted octanol–water partition coefficient (Wildman–Crippen LogP) is 3.41. The van der Waals surface area contributed by atoms with Crippen LogP contribution in [0.25, 0.3) is 0 Å². The van der Waals surface area contributed by atoms with E-state index in [1.54, 1.807) is 23.1 Å². The van der Waals surface area contributed by atoms with Gasteiger partial charge in [0.15, 0.2) is 5.69 Å². The van der Waals surface area contributed by atoms with Gasteiger partial charge >= 0.3 is 0 Å². The van der Waals surface area contributed by atoms with Crippen LogP contribution in [0.5, 0.6) is 0 Å². The molecule has 126 valence electrons. The average Bonchev–Trinajstić information content (AvgIpc) is 3.34. The normalized spacial score (nSPS) is 18.6. The molecule has 1 saturated heterocycles. The minimum Gasteiger partial charge on any atom is -0.380 e. The highest BCUT2D eigenvalue weighted by atomic mass is 19.1. The summed E-state index contributed by atoms with van der Waals surface area (Å²) >= 11 is 0. The van der Waals surface area contributed by atoms with Gasteiger partial charge in [0.25, 0.3) is 5.91 Å². The van der Waals surface area contributed by atoms with Crippen LogP contribution < -0.4 is 5.32 Å². The molecular formula is C18H20FN3O2. The minimum atomic E-state index is -0.244. The summed E-state index contributed by atoms with van der Waals surface area (Å²) in [6.07, 6.45) is 3.81. The molecule has 0 radical (unpaired) electrons. The van der Waals surface area contributed by atoms with E-state index in [2.05, 4.69) is 10.5 Å². The van der Waals surface area contributed by atoms with Gasteiger partial charge in [-0.2, -0.15) is 0 Å². The molecule has 1 aliphatic carbocycles. The van der Waals surface area contributed by atoms with Gasteiger partial charge in [0, 0.05) is 31.1 Å². The number of aromatic nitrogens is 1. The number of amides is 1. The summed E-state index contributed by atoms with van der Waals surface area (Å²) in [4.78, 5) is 14.3. The molecule has 1 saturated carbocycles. The van der Waals surface area contributed by atoms with Gasteiger partial charge in [0.2, 0.25) is 0 Å². The second-order valence-electron chi connectivity index (χ2n) is 6.58. The van der Waals surface area contributed by atoms with E-state index < -0.39 is 0 Å². The van der Waals surface area contributed by atoms with E-state index in [1.807, 2.05) is 6.07 Å². The number of carbonyl (C=O) groups is 1. The number of nitrogens with one attached hydrogen (secondary N) is 1. The van der Waals surface area contributed by atoms with Gasteiger partial charge in [-0.15, -0.1) is 0 Å². The van der Waals surface area contributed by atoms with Crippen LogP contribution in [-0.4, -0.2) is 35.1 Å². The Morgan fingerprint density at radius 2 is 1.96 bits per heavy atom. The number of rotatable bonds is 4. The van der Waals surface area contributed by atoms with Gasteiger partial charge < -0.3 is 14.7 Å². The maximum atomic E-state index is 13.7. The Balaban J connectivity index is 1.33. The van der Waals surface area contributed by atoms with Gasteiger partial charge in [-0.25, -0.2) is 4.39 Å². The monoisotopic (exact) mass is 329 g/mol. The van der Waals surface area contributed by atoms with Crippen LogP contribution in [0.3, 0.4) is 0 Å².